The largest absolute Gasteiger partial charge is 0.465 e. The summed E-state index contributed by atoms with van der Waals surface area (Å²) in [5.41, 5.74) is 1.96. The third-order valence-electron chi connectivity index (χ3n) is 7.81. The van der Waals surface area contributed by atoms with Crippen molar-refractivity contribution in [2.24, 2.45) is 5.41 Å². The Morgan fingerprint density at radius 3 is 2.61 bits per heavy atom. The normalized spacial score (nSPS) is 27.8. The number of benzene rings is 1. The van der Waals surface area contributed by atoms with Gasteiger partial charge >= 0.3 is 6.09 Å². The first-order valence-electron chi connectivity index (χ1n) is 12.6. The second kappa shape index (κ2) is 10.3. The SMILES string of the molecule is C[C@@H](C(=O)N[C@H]1CCS[C@H]2CC(C)(C)C(C(=O)N[C@@H]3CCCc4ccccc43)N2C1=O)N(C)C(=O)O. The lowest BCUT2D eigenvalue weighted by Crippen LogP contribution is -2.58. The molecule has 2 heterocycles. The smallest absolute Gasteiger partial charge is 0.407 e. The van der Waals surface area contributed by atoms with Crippen molar-refractivity contribution in [2.75, 3.05) is 12.8 Å². The van der Waals surface area contributed by atoms with Crippen LogP contribution in [0.2, 0.25) is 0 Å². The van der Waals surface area contributed by atoms with Gasteiger partial charge in [0.15, 0.2) is 0 Å². The molecule has 4 rings (SSSR count). The monoisotopic (exact) mass is 516 g/mol. The van der Waals surface area contributed by atoms with Gasteiger partial charge in [-0.25, -0.2) is 4.79 Å². The van der Waals surface area contributed by atoms with E-state index in [4.69, 9.17) is 0 Å². The van der Waals surface area contributed by atoms with Gasteiger partial charge in [-0.1, -0.05) is 38.1 Å². The Morgan fingerprint density at radius 1 is 1.17 bits per heavy atom. The zero-order valence-electron chi connectivity index (χ0n) is 21.3. The Morgan fingerprint density at radius 2 is 1.89 bits per heavy atom. The number of hydrogen-bond acceptors (Lipinski definition) is 5. The molecule has 5 atom stereocenters. The molecule has 3 aliphatic rings. The number of hydrogen-bond donors (Lipinski definition) is 3. The molecule has 0 radical (unpaired) electrons. The molecule has 10 heteroatoms. The Balaban J connectivity index is 1.54. The molecule has 196 valence electrons. The quantitative estimate of drug-likeness (QED) is 0.554. The highest BCUT2D eigenvalue weighted by molar-refractivity contribution is 7.99. The second-order valence-corrected chi connectivity index (χ2v) is 12.0. The molecule has 1 aliphatic carbocycles. The van der Waals surface area contributed by atoms with Crippen LogP contribution in [-0.4, -0.2) is 75.0 Å². The number of carbonyl (C=O) groups is 4. The highest BCUT2D eigenvalue weighted by Gasteiger charge is 2.54. The van der Waals surface area contributed by atoms with Crippen LogP contribution in [0.25, 0.3) is 0 Å². The summed E-state index contributed by atoms with van der Waals surface area (Å²) in [6.07, 6.45) is 2.74. The fourth-order valence-electron chi connectivity index (χ4n) is 5.64. The van der Waals surface area contributed by atoms with Gasteiger partial charge in [0.1, 0.15) is 18.1 Å². The van der Waals surface area contributed by atoms with Crippen molar-refractivity contribution >= 4 is 35.6 Å². The Bertz CT molecular complexity index is 1050. The number of rotatable bonds is 5. The number of nitrogens with one attached hydrogen (secondary N) is 2. The maximum Gasteiger partial charge on any atom is 0.407 e. The number of carboxylic acid groups (broad SMARTS) is 1. The summed E-state index contributed by atoms with van der Waals surface area (Å²) in [7, 11) is 1.32. The zero-order chi connectivity index (χ0) is 26.2. The van der Waals surface area contributed by atoms with E-state index in [0.29, 0.717) is 18.6 Å². The van der Waals surface area contributed by atoms with Gasteiger partial charge in [-0.15, -0.1) is 11.8 Å². The highest BCUT2D eigenvalue weighted by atomic mass is 32.2. The van der Waals surface area contributed by atoms with Crippen LogP contribution >= 0.6 is 11.8 Å². The van der Waals surface area contributed by atoms with Crippen LogP contribution in [0.5, 0.6) is 0 Å². The van der Waals surface area contributed by atoms with Gasteiger partial charge in [0.05, 0.1) is 11.4 Å². The number of carbonyl (C=O) groups excluding carboxylic acids is 3. The van der Waals surface area contributed by atoms with E-state index in [-0.39, 0.29) is 23.2 Å². The third kappa shape index (κ3) is 5.05. The number of fused-ring (bicyclic) bond motifs is 2. The van der Waals surface area contributed by atoms with E-state index in [1.807, 2.05) is 26.0 Å². The van der Waals surface area contributed by atoms with Crippen LogP contribution in [0.3, 0.4) is 0 Å². The summed E-state index contributed by atoms with van der Waals surface area (Å²) >= 11 is 1.64. The highest BCUT2D eigenvalue weighted by Crippen LogP contribution is 2.46. The van der Waals surface area contributed by atoms with E-state index in [1.165, 1.54) is 19.5 Å². The fraction of sp³-hybridized carbons (Fsp3) is 0.615. The Hall–Kier alpha value is -2.75. The van der Waals surface area contributed by atoms with Crippen molar-refractivity contribution in [1.29, 1.82) is 0 Å². The van der Waals surface area contributed by atoms with Crippen molar-refractivity contribution in [3.8, 4) is 0 Å². The summed E-state index contributed by atoms with van der Waals surface area (Å²) in [5.74, 6) is -0.316. The predicted octanol–water partition coefficient (Wildman–Crippen LogP) is 2.75. The number of aryl methyl sites for hydroxylation is 1. The van der Waals surface area contributed by atoms with Crippen LogP contribution in [0.1, 0.15) is 63.6 Å². The molecule has 4 amide bonds. The maximum atomic E-state index is 13.8. The average Bonchev–Trinajstić information content (AvgIpc) is 3.03. The first-order valence-corrected chi connectivity index (χ1v) is 13.6. The lowest BCUT2D eigenvalue weighted by atomic mass is 9.83. The molecule has 36 heavy (non-hydrogen) atoms. The van der Waals surface area contributed by atoms with E-state index >= 15 is 0 Å². The minimum Gasteiger partial charge on any atom is -0.465 e. The van der Waals surface area contributed by atoms with Crippen LogP contribution in [0.4, 0.5) is 4.79 Å². The molecule has 3 N–H and O–H groups in total. The first kappa shape index (κ1) is 26.3. The molecule has 0 spiro atoms. The Kier molecular flexibility index (Phi) is 7.54. The topological polar surface area (TPSA) is 119 Å². The van der Waals surface area contributed by atoms with Gasteiger partial charge in [-0.2, -0.15) is 0 Å². The van der Waals surface area contributed by atoms with Gasteiger partial charge in [0, 0.05) is 7.05 Å². The van der Waals surface area contributed by atoms with Crippen molar-refractivity contribution in [2.45, 2.75) is 82.4 Å². The van der Waals surface area contributed by atoms with Gasteiger partial charge in [0.25, 0.3) is 0 Å². The number of likely N-dealkylation sites (N-methyl/N-ethyl adjacent to an activating group) is 1. The summed E-state index contributed by atoms with van der Waals surface area (Å²) in [5, 5.41) is 15.1. The molecule has 0 aromatic heterocycles. The van der Waals surface area contributed by atoms with E-state index < -0.39 is 35.5 Å². The molecule has 1 aromatic rings. The van der Waals surface area contributed by atoms with Crippen molar-refractivity contribution < 1.29 is 24.3 Å². The Labute approximate surface area is 216 Å². The zero-order valence-corrected chi connectivity index (χ0v) is 22.1. The van der Waals surface area contributed by atoms with Crippen molar-refractivity contribution in [1.82, 2.24) is 20.4 Å². The molecule has 2 fully saturated rings. The minimum absolute atomic E-state index is 0.0880. The molecule has 1 unspecified atom stereocenters. The lowest BCUT2D eigenvalue weighted by Gasteiger charge is -2.36. The van der Waals surface area contributed by atoms with E-state index in [0.717, 1.165) is 29.7 Å². The summed E-state index contributed by atoms with van der Waals surface area (Å²) in [6, 6.07) is 5.68. The van der Waals surface area contributed by atoms with Gasteiger partial charge in [-0.05, 0) is 61.3 Å². The summed E-state index contributed by atoms with van der Waals surface area (Å²) in [4.78, 5) is 54.2. The van der Waals surface area contributed by atoms with Crippen LogP contribution in [0.15, 0.2) is 24.3 Å². The number of amides is 4. The molecule has 1 aromatic carbocycles. The summed E-state index contributed by atoms with van der Waals surface area (Å²) in [6.45, 7) is 5.53. The number of thioether (sulfide) groups is 1. The van der Waals surface area contributed by atoms with E-state index in [1.54, 1.807) is 16.7 Å². The molecule has 0 bridgehead atoms. The summed E-state index contributed by atoms with van der Waals surface area (Å²) < 4.78 is 0. The molecule has 2 aliphatic heterocycles. The molecule has 2 saturated heterocycles. The molecular formula is C26H36N4O5S. The predicted molar refractivity (Wildman–Crippen MR) is 137 cm³/mol. The second-order valence-electron chi connectivity index (χ2n) is 10.7. The van der Waals surface area contributed by atoms with Crippen molar-refractivity contribution in [3.63, 3.8) is 0 Å². The molecular weight excluding hydrogens is 480 g/mol. The van der Waals surface area contributed by atoms with E-state index in [2.05, 4.69) is 22.8 Å². The first-order chi connectivity index (χ1) is 17.0. The minimum atomic E-state index is -1.22. The van der Waals surface area contributed by atoms with Crippen molar-refractivity contribution in [3.05, 3.63) is 35.4 Å². The molecule has 9 nitrogen and oxygen atoms in total. The molecule has 0 saturated carbocycles. The average molecular weight is 517 g/mol. The number of nitrogens with zero attached hydrogens (tertiary/aromatic N) is 2. The van der Waals surface area contributed by atoms with Crippen LogP contribution < -0.4 is 10.6 Å². The van der Waals surface area contributed by atoms with Crippen LogP contribution in [-0.2, 0) is 20.8 Å². The lowest BCUT2D eigenvalue weighted by molar-refractivity contribution is -0.144. The van der Waals surface area contributed by atoms with E-state index in [9.17, 15) is 24.3 Å². The standard InChI is InChI=1S/C26H36N4O5S/c1-15(29(4)25(34)35)22(31)28-19-12-13-36-20-14-26(2,3)21(30(20)24(19)33)23(32)27-18-11-7-9-16-8-5-6-10-17(16)18/h5-6,8,10,15,18-21H,7,9,11-14H2,1-4H3,(H,27,32)(H,28,31)(H,34,35)/t15-,18+,19-,20-,21?/m0/s1. The third-order valence-corrected chi connectivity index (χ3v) is 9.06. The maximum absolute atomic E-state index is 13.8. The van der Waals surface area contributed by atoms with Gasteiger partial charge < -0.3 is 20.6 Å². The fourth-order valence-corrected chi connectivity index (χ4v) is 7.22. The van der Waals surface area contributed by atoms with Crippen LogP contribution in [0, 0.1) is 5.41 Å². The van der Waals surface area contributed by atoms with Gasteiger partial charge in [0.2, 0.25) is 17.7 Å². The van der Waals surface area contributed by atoms with Gasteiger partial charge in [-0.3, -0.25) is 19.3 Å².